The van der Waals surface area contributed by atoms with E-state index >= 15 is 0 Å². The number of halogens is 1. The summed E-state index contributed by atoms with van der Waals surface area (Å²) < 4.78 is 0. The Bertz CT molecular complexity index is 470. The van der Waals surface area contributed by atoms with Gasteiger partial charge in [-0.25, -0.2) is 9.97 Å². The zero-order valence-electron chi connectivity index (χ0n) is 11.3. The second-order valence-corrected chi connectivity index (χ2v) is 5.20. The van der Waals surface area contributed by atoms with Gasteiger partial charge in [0.2, 0.25) is 0 Å². The van der Waals surface area contributed by atoms with Crippen molar-refractivity contribution in [1.82, 2.24) is 15.3 Å². The Hall–Kier alpha value is -1.28. The summed E-state index contributed by atoms with van der Waals surface area (Å²) in [5.41, 5.74) is -1.59. The molecule has 1 rings (SSSR count). The number of rotatable bonds is 6. The van der Waals surface area contributed by atoms with E-state index in [1.165, 1.54) is 6.20 Å². The first-order chi connectivity index (χ1) is 9.39. The average Bonchev–Trinajstić information content (AvgIpc) is 2.45. The molecule has 0 aromatic carbocycles. The number of carbonyl (C=O) groups is 1. The van der Waals surface area contributed by atoms with Crippen LogP contribution in [0.5, 0.6) is 0 Å². The van der Waals surface area contributed by atoms with Gasteiger partial charge in [-0.3, -0.25) is 4.79 Å². The summed E-state index contributed by atoms with van der Waals surface area (Å²) in [7, 11) is 0. The quantitative estimate of drug-likeness (QED) is 0.573. The van der Waals surface area contributed by atoms with Gasteiger partial charge >= 0.3 is 0 Å². The van der Waals surface area contributed by atoms with E-state index in [1.54, 1.807) is 0 Å². The molecule has 1 aromatic rings. The molecule has 0 fully saturated rings. The third-order valence-electron chi connectivity index (χ3n) is 2.78. The molecule has 0 saturated heterocycles. The van der Waals surface area contributed by atoms with Crippen LogP contribution >= 0.6 is 11.6 Å². The molecule has 1 amide bonds. The Morgan fingerprint density at radius 2 is 1.90 bits per heavy atom. The Morgan fingerprint density at radius 1 is 1.35 bits per heavy atom. The minimum absolute atomic E-state index is 0.0112. The van der Waals surface area contributed by atoms with E-state index in [-0.39, 0.29) is 16.6 Å². The highest BCUT2D eigenvalue weighted by molar-refractivity contribution is 6.33. The number of aromatic nitrogens is 2. The van der Waals surface area contributed by atoms with Crippen molar-refractivity contribution in [1.29, 1.82) is 0 Å². The van der Waals surface area contributed by atoms with Crippen molar-refractivity contribution in [3.63, 3.8) is 0 Å². The lowest BCUT2D eigenvalue weighted by molar-refractivity contribution is 0.0373. The van der Waals surface area contributed by atoms with E-state index < -0.39 is 31.3 Å². The SMILES string of the molecule is CC(C)c1ncc(Cl)c(C(=O)NC(CO)(CO)CO)n1. The average molecular weight is 304 g/mol. The van der Waals surface area contributed by atoms with Crippen molar-refractivity contribution < 1.29 is 20.1 Å². The highest BCUT2D eigenvalue weighted by Gasteiger charge is 2.31. The molecule has 0 atom stereocenters. The molecule has 1 aromatic heterocycles. The molecule has 0 saturated carbocycles. The highest BCUT2D eigenvalue weighted by atomic mass is 35.5. The van der Waals surface area contributed by atoms with E-state index in [9.17, 15) is 20.1 Å². The van der Waals surface area contributed by atoms with Crippen LogP contribution in [0.25, 0.3) is 0 Å². The number of amides is 1. The fourth-order valence-electron chi connectivity index (χ4n) is 1.39. The predicted molar refractivity (Wildman–Crippen MR) is 72.6 cm³/mol. The van der Waals surface area contributed by atoms with Crippen LogP contribution < -0.4 is 5.32 Å². The van der Waals surface area contributed by atoms with Crippen molar-refractivity contribution in [2.75, 3.05) is 19.8 Å². The van der Waals surface area contributed by atoms with Crippen LogP contribution in [0, 0.1) is 0 Å². The van der Waals surface area contributed by atoms with Gasteiger partial charge < -0.3 is 20.6 Å². The molecule has 0 aliphatic rings. The van der Waals surface area contributed by atoms with Crippen LogP contribution in [0.4, 0.5) is 0 Å². The third-order valence-corrected chi connectivity index (χ3v) is 3.06. The lowest BCUT2D eigenvalue weighted by Crippen LogP contribution is -2.57. The summed E-state index contributed by atoms with van der Waals surface area (Å²) in [6, 6.07) is 0. The summed E-state index contributed by atoms with van der Waals surface area (Å²) in [5, 5.41) is 29.9. The van der Waals surface area contributed by atoms with Crippen molar-refractivity contribution in [2.24, 2.45) is 0 Å². The number of carbonyl (C=O) groups excluding carboxylic acids is 1. The number of nitrogens with zero attached hydrogens (tertiary/aromatic N) is 2. The Morgan fingerprint density at radius 3 is 2.35 bits per heavy atom. The zero-order chi connectivity index (χ0) is 15.3. The van der Waals surface area contributed by atoms with Crippen LogP contribution in [-0.2, 0) is 0 Å². The predicted octanol–water partition coefficient (Wildman–Crippen LogP) is -0.301. The first-order valence-corrected chi connectivity index (χ1v) is 6.44. The van der Waals surface area contributed by atoms with Gasteiger partial charge in [-0.05, 0) is 0 Å². The maximum Gasteiger partial charge on any atom is 0.272 e. The molecular formula is C12H18ClN3O4. The zero-order valence-corrected chi connectivity index (χ0v) is 12.1. The topological polar surface area (TPSA) is 116 Å². The van der Waals surface area contributed by atoms with Gasteiger partial charge in [-0.2, -0.15) is 0 Å². The van der Waals surface area contributed by atoms with Gasteiger partial charge in [0.25, 0.3) is 5.91 Å². The maximum absolute atomic E-state index is 12.1. The summed E-state index contributed by atoms with van der Waals surface area (Å²) in [4.78, 5) is 20.2. The van der Waals surface area contributed by atoms with Crippen LogP contribution in [-0.4, -0.2) is 56.6 Å². The molecule has 20 heavy (non-hydrogen) atoms. The number of hydrogen-bond acceptors (Lipinski definition) is 6. The number of aliphatic hydroxyl groups is 3. The van der Waals surface area contributed by atoms with Gasteiger partial charge in [-0.15, -0.1) is 0 Å². The summed E-state index contributed by atoms with van der Waals surface area (Å²) >= 11 is 5.88. The third kappa shape index (κ3) is 3.63. The molecular weight excluding hydrogens is 286 g/mol. The molecule has 7 nitrogen and oxygen atoms in total. The molecule has 0 spiro atoms. The van der Waals surface area contributed by atoms with Gasteiger partial charge in [0.1, 0.15) is 17.1 Å². The molecule has 0 aliphatic heterocycles. The Balaban J connectivity index is 3.05. The second-order valence-electron chi connectivity index (χ2n) is 4.79. The van der Waals surface area contributed by atoms with Gasteiger partial charge in [0, 0.05) is 5.92 Å². The molecule has 1 heterocycles. The largest absolute Gasteiger partial charge is 0.394 e. The van der Waals surface area contributed by atoms with Crippen LogP contribution in [0.3, 0.4) is 0 Å². The maximum atomic E-state index is 12.1. The lowest BCUT2D eigenvalue weighted by Gasteiger charge is -2.28. The van der Waals surface area contributed by atoms with Gasteiger partial charge in [0.15, 0.2) is 0 Å². The standard InChI is InChI=1S/C12H18ClN3O4/c1-7(2)10-14-3-8(13)9(15-10)11(20)16-12(4-17,5-18)6-19/h3,7,17-19H,4-6H2,1-2H3,(H,16,20). The minimum Gasteiger partial charge on any atom is -0.394 e. The number of nitrogens with one attached hydrogen (secondary N) is 1. The molecule has 112 valence electrons. The van der Waals surface area contributed by atoms with Crippen LogP contribution in [0.1, 0.15) is 36.1 Å². The van der Waals surface area contributed by atoms with Gasteiger partial charge in [0.05, 0.1) is 31.0 Å². The van der Waals surface area contributed by atoms with E-state index in [1.807, 2.05) is 13.8 Å². The molecule has 0 unspecified atom stereocenters. The number of aliphatic hydroxyl groups excluding tert-OH is 3. The smallest absolute Gasteiger partial charge is 0.272 e. The fraction of sp³-hybridized carbons (Fsp3) is 0.583. The van der Waals surface area contributed by atoms with E-state index in [2.05, 4.69) is 15.3 Å². The first kappa shape index (κ1) is 16.8. The summed E-state index contributed by atoms with van der Waals surface area (Å²) in [5.74, 6) is -0.240. The summed E-state index contributed by atoms with van der Waals surface area (Å²) in [6.07, 6.45) is 1.32. The highest BCUT2D eigenvalue weighted by Crippen LogP contribution is 2.17. The Kier molecular flexibility index (Phi) is 5.82. The van der Waals surface area contributed by atoms with E-state index in [0.29, 0.717) is 5.82 Å². The minimum atomic E-state index is -1.52. The number of hydrogen-bond donors (Lipinski definition) is 4. The normalized spacial score (nSPS) is 11.8. The van der Waals surface area contributed by atoms with Crippen molar-refractivity contribution in [3.05, 3.63) is 22.7 Å². The van der Waals surface area contributed by atoms with Crippen molar-refractivity contribution >= 4 is 17.5 Å². The molecule has 4 N–H and O–H groups in total. The molecule has 8 heteroatoms. The second kappa shape index (κ2) is 6.94. The molecule has 0 aliphatic carbocycles. The van der Waals surface area contributed by atoms with Gasteiger partial charge in [-0.1, -0.05) is 25.4 Å². The lowest BCUT2D eigenvalue weighted by atomic mass is 10.0. The fourth-order valence-corrected chi connectivity index (χ4v) is 1.56. The Labute approximate surface area is 121 Å². The molecule has 0 radical (unpaired) electrons. The monoisotopic (exact) mass is 303 g/mol. The van der Waals surface area contributed by atoms with Crippen LogP contribution in [0.2, 0.25) is 5.02 Å². The van der Waals surface area contributed by atoms with E-state index in [4.69, 9.17) is 11.6 Å². The molecule has 0 bridgehead atoms. The van der Waals surface area contributed by atoms with Crippen molar-refractivity contribution in [2.45, 2.75) is 25.3 Å². The van der Waals surface area contributed by atoms with E-state index in [0.717, 1.165) is 0 Å². The summed E-state index contributed by atoms with van der Waals surface area (Å²) in [6.45, 7) is 1.87. The van der Waals surface area contributed by atoms with Crippen LogP contribution in [0.15, 0.2) is 6.20 Å². The van der Waals surface area contributed by atoms with Crippen molar-refractivity contribution in [3.8, 4) is 0 Å². The first-order valence-electron chi connectivity index (χ1n) is 6.06.